The van der Waals surface area contributed by atoms with Crippen LogP contribution in [0.2, 0.25) is 0 Å². The Labute approximate surface area is 183 Å². The predicted molar refractivity (Wildman–Crippen MR) is 113 cm³/mol. The molecule has 4 rings (SSSR count). The van der Waals surface area contributed by atoms with Crippen LogP contribution >= 0.6 is 11.8 Å². The van der Waals surface area contributed by atoms with Gasteiger partial charge < -0.3 is 21.1 Å². The summed E-state index contributed by atoms with van der Waals surface area (Å²) in [7, 11) is 1.85. The Bertz CT molecular complexity index is 884. The molecule has 1 spiro atoms. The van der Waals surface area contributed by atoms with E-state index in [9.17, 15) is 13.2 Å². The minimum absolute atomic E-state index is 0.00354. The molecule has 11 heteroatoms. The fourth-order valence-corrected chi connectivity index (χ4v) is 5.52. The summed E-state index contributed by atoms with van der Waals surface area (Å²) in [5, 5.41) is 0. The molecule has 2 fully saturated rings. The molecular weight excluding hydrogens is 429 g/mol. The molecular formula is C20H27F3N6OS. The van der Waals surface area contributed by atoms with Crippen molar-refractivity contribution in [2.24, 2.45) is 21.9 Å². The van der Waals surface area contributed by atoms with Gasteiger partial charge in [0.2, 0.25) is 0 Å². The molecule has 0 amide bonds. The van der Waals surface area contributed by atoms with Crippen molar-refractivity contribution in [2.75, 3.05) is 26.7 Å². The van der Waals surface area contributed by atoms with Gasteiger partial charge in [0.25, 0.3) is 0 Å². The third-order valence-electron chi connectivity index (χ3n) is 6.42. The average Bonchev–Trinajstić information content (AvgIpc) is 2.99. The van der Waals surface area contributed by atoms with Gasteiger partial charge in [-0.05, 0) is 31.9 Å². The fraction of sp³-hybridized carbons (Fsp3) is 0.600. The Morgan fingerprint density at radius 2 is 2.00 bits per heavy atom. The number of pyridine rings is 1. The second-order valence-electron chi connectivity index (χ2n) is 8.41. The minimum Gasteiger partial charge on any atom is -0.383 e. The number of amidine groups is 1. The Morgan fingerprint density at radius 3 is 2.61 bits per heavy atom. The van der Waals surface area contributed by atoms with E-state index in [4.69, 9.17) is 16.2 Å². The highest BCUT2D eigenvalue weighted by Gasteiger charge is 2.48. The standard InChI is InChI=1S/C20H27F3N6OS/c1-12-15(24)19(11-30-12)5-8-29(9-6-19)18-27-17(25)14(10-28(18)2)31-13-4-3-7-26-16(13)20(21,22)23/h3-4,7,10,12,15,18H,5-6,8-9,11,24H2,1-2H3,(H2,25,27)/t12-,15+,18?/m0/s1. The number of alkyl halides is 3. The molecule has 31 heavy (non-hydrogen) atoms. The average molecular weight is 457 g/mol. The van der Waals surface area contributed by atoms with Gasteiger partial charge in [-0.2, -0.15) is 13.2 Å². The quantitative estimate of drug-likeness (QED) is 0.722. The van der Waals surface area contributed by atoms with Crippen molar-refractivity contribution in [1.82, 2.24) is 14.8 Å². The van der Waals surface area contributed by atoms with E-state index in [0.29, 0.717) is 11.5 Å². The summed E-state index contributed by atoms with van der Waals surface area (Å²) < 4.78 is 45.6. The summed E-state index contributed by atoms with van der Waals surface area (Å²) in [4.78, 5) is 12.7. The highest BCUT2D eigenvalue weighted by Crippen LogP contribution is 2.42. The van der Waals surface area contributed by atoms with E-state index in [1.807, 2.05) is 18.9 Å². The number of hydrogen-bond acceptors (Lipinski definition) is 8. The van der Waals surface area contributed by atoms with E-state index in [1.54, 1.807) is 6.20 Å². The molecule has 3 aliphatic rings. The second-order valence-corrected chi connectivity index (χ2v) is 9.49. The summed E-state index contributed by atoms with van der Waals surface area (Å²) in [5.74, 6) is 0.222. The largest absolute Gasteiger partial charge is 0.434 e. The first-order chi connectivity index (χ1) is 14.6. The third-order valence-corrected chi connectivity index (χ3v) is 7.50. The van der Waals surface area contributed by atoms with E-state index in [2.05, 4.69) is 14.9 Å². The van der Waals surface area contributed by atoms with Crippen molar-refractivity contribution in [3.63, 3.8) is 0 Å². The number of piperidine rings is 1. The minimum atomic E-state index is -4.54. The molecule has 3 atom stereocenters. The van der Waals surface area contributed by atoms with Gasteiger partial charge in [-0.15, -0.1) is 0 Å². The lowest BCUT2D eigenvalue weighted by molar-refractivity contribution is -0.143. The highest BCUT2D eigenvalue weighted by molar-refractivity contribution is 8.04. The lowest BCUT2D eigenvalue weighted by atomic mass is 9.73. The highest BCUT2D eigenvalue weighted by atomic mass is 32.2. The molecule has 4 heterocycles. The van der Waals surface area contributed by atoms with Crippen LogP contribution in [0.4, 0.5) is 13.2 Å². The van der Waals surface area contributed by atoms with E-state index in [-0.39, 0.29) is 34.6 Å². The normalized spacial score (nSPS) is 29.2. The maximum Gasteiger partial charge on any atom is 0.434 e. The number of ether oxygens (including phenoxy) is 1. The molecule has 0 aliphatic carbocycles. The summed E-state index contributed by atoms with van der Waals surface area (Å²) in [6, 6.07) is 2.89. The number of halogens is 3. The van der Waals surface area contributed by atoms with Gasteiger partial charge in [-0.3, -0.25) is 9.88 Å². The summed E-state index contributed by atoms with van der Waals surface area (Å²) in [6.07, 6.45) is -0.0646. The molecule has 3 aliphatic heterocycles. The lowest BCUT2D eigenvalue weighted by Gasteiger charge is -2.45. The Hall–Kier alpha value is -1.82. The van der Waals surface area contributed by atoms with Crippen LogP contribution in [0.1, 0.15) is 25.5 Å². The van der Waals surface area contributed by atoms with Crippen molar-refractivity contribution in [3.8, 4) is 0 Å². The molecule has 1 unspecified atom stereocenters. The van der Waals surface area contributed by atoms with Crippen LogP contribution in [-0.2, 0) is 10.9 Å². The van der Waals surface area contributed by atoms with Crippen LogP contribution < -0.4 is 11.5 Å². The van der Waals surface area contributed by atoms with Gasteiger partial charge >= 0.3 is 6.18 Å². The van der Waals surface area contributed by atoms with E-state index < -0.39 is 11.9 Å². The van der Waals surface area contributed by atoms with Gasteiger partial charge in [-0.1, -0.05) is 11.8 Å². The number of likely N-dealkylation sites (tertiary alicyclic amines) is 1. The van der Waals surface area contributed by atoms with Crippen LogP contribution in [0.5, 0.6) is 0 Å². The predicted octanol–water partition coefficient (Wildman–Crippen LogP) is 2.45. The lowest BCUT2D eigenvalue weighted by Crippen LogP contribution is -2.55. The van der Waals surface area contributed by atoms with Gasteiger partial charge in [-0.25, -0.2) is 4.99 Å². The smallest absolute Gasteiger partial charge is 0.383 e. The van der Waals surface area contributed by atoms with Crippen molar-refractivity contribution in [3.05, 3.63) is 35.1 Å². The maximum atomic E-state index is 13.3. The zero-order valence-corrected chi connectivity index (χ0v) is 18.3. The van der Waals surface area contributed by atoms with Crippen molar-refractivity contribution >= 4 is 17.6 Å². The topological polar surface area (TPSA) is 93.0 Å². The second kappa shape index (κ2) is 8.27. The van der Waals surface area contributed by atoms with Gasteiger partial charge in [0, 0.05) is 48.9 Å². The van der Waals surface area contributed by atoms with Crippen molar-refractivity contribution < 1.29 is 17.9 Å². The molecule has 1 aromatic rings. The fourth-order valence-electron chi connectivity index (χ4n) is 4.49. The summed E-state index contributed by atoms with van der Waals surface area (Å²) >= 11 is 0.924. The Kier molecular flexibility index (Phi) is 5.97. The molecule has 0 saturated carbocycles. The molecule has 1 aromatic heterocycles. The molecule has 170 valence electrons. The van der Waals surface area contributed by atoms with Crippen LogP contribution in [0.3, 0.4) is 0 Å². The molecule has 0 radical (unpaired) electrons. The van der Waals surface area contributed by atoms with E-state index >= 15 is 0 Å². The van der Waals surface area contributed by atoms with Gasteiger partial charge in [0.15, 0.2) is 12.0 Å². The Morgan fingerprint density at radius 1 is 1.29 bits per heavy atom. The first-order valence-corrected chi connectivity index (χ1v) is 11.0. The first-order valence-electron chi connectivity index (χ1n) is 10.2. The summed E-state index contributed by atoms with van der Waals surface area (Å²) in [6.45, 7) is 4.30. The Balaban J connectivity index is 1.45. The van der Waals surface area contributed by atoms with Crippen LogP contribution in [-0.4, -0.2) is 65.8 Å². The number of hydrogen-bond donors (Lipinski definition) is 2. The van der Waals surface area contributed by atoms with Crippen LogP contribution in [0, 0.1) is 5.41 Å². The monoisotopic (exact) mass is 456 g/mol. The summed E-state index contributed by atoms with van der Waals surface area (Å²) in [5.41, 5.74) is 11.6. The number of aromatic nitrogens is 1. The van der Waals surface area contributed by atoms with Crippen molar-refractivity contribution in [2.45, 2.75) is 49.3 Å². The number of nitrogens with zero attached hydrogens (tertiary/aromatic N) is 4. The third kappa shape index (κ3) is 4.28. The molecule has 0 aromatic carbocycles. The van der Waals surface area contributed by atoms with Gasteiger partial charge in [0.05, 0.1) is 17.6 Å². The number of thioether (sulfide) groups is 1. The first kappa shape index (κ1) is 22.4. The number of aliphatic imine (C=N–C) groups is 1. The molecule has 0 bridgehead atoms. The van der Waals surface area contributed by atoms with Crippen molar-refractivity contribution in [1.29, 1.82) is 0 Å². The van der Waals surface area contributed by atoms with E-state index in [1.165, 1.54) is 12.1 Å². The number of nitrogens with two attached hydrogens (primary N) is 2. The number of rotatable bonds is 3. The van der Waals surface area contributed by atoms with Crippen LogP contribution in [0.25, 0.3) is 0 Å². The molecule has 4 N–H and O–H groups in total. The molecule has 2 saturated heterocycles. The van der Waals surface area contributed by atoms with E-state index in [0.717, 1.165) is 43.9 Å². The molecule has 7 nitrogen and oxygen atoms in total. The zero-order chi connectivity index (χ0) is 22.4. The SMILES string of the molecule is C[C@@H]1OCC2(CCN(C3N=C(N)C(Sc4cccnc4C(F)(F)F)=CN3C)CC2)[C@@H]1N. The maximum absolute atomic E-state index is 13.3. The van der Waals surface area contributed by atoms with Gasteiger partial charge in [0.1, 0.15) is 5.84 Å². The van der Waals surface area contributed by atoms with Crippen LogP contribution in [0.15, 0.2) is 39.3 Å². The zero-order valence-electron chi connectivity index (χ0n) is 17.5.